The maximum Gasteiger partial charge on any atom is 0.279 e. The van der Waals surface area contributed by atoms with Crippen LogP contribution in [0.4, 0.5) is 15.8 Å². The highest BCUT2D eigenvalue weighted by atomic mass is 79.9. The molecule has 3 N–H and O–H groups in total. The first-order valence-electron chi connectivity index (χ1n) is 7.77. The standard InChI is InChI=1S/C18H19BrFN3O2/c1-12-7-8-13(9-15(12)20)21-17(24)10-23(2)11-18(25)22-16-6-4-3-5-14(16)19/h3-9H,10-11H2,1-2H3,(H,21,24)(H,22,25)/p+1. The molecule has 0 fully saturated rings. The number of quaternary nitrogens is 1. The second-order valence-electron chi connectivity index (χ2n) is 5.85. The van der Waals surface area contributed by atoms with Gasteiger partial charge in [-0.15, -0.1) is 0 Å². The Morgan fingerprint density at radius 2 is 1.72 bits per heavy atom. The predicted octanol–water partition coefficient (Wildman–Crippen LogP) is 1.99. The van der Waals surface area contributed by atoms with Crippen LogP contribution >= 0.6 is 15.9 Å². The van der Waals surface area contributed by atoms with Crippen molar-refractivity contribution in [2.24, 2.45) is 0 Å². The van der Waals surface area contributed by atoms with E-state index in [2.05, 4.69) is 26.6 Å². The van der Waals surface area contributed by atoms with Crippen molar-refractivity contribution in [3.8, 4) is 0 Å². The van der Waals surface area contributed by atoms with Crippen LogP contribution in [0.3, 0.4) is 0 Å². The van der Waals surface area contributed by atoms with E-state index in [1.807, 2.05) is 18.2 Å². The van der Waals surface area contributed by atoms with E-state index in [9.17, 15) is 14.0 Å². The highest BCUT2D eigenvalue weighted by Gasteiger charge is 2.15. The zero-order valence-electron chi connectivity index (χ0n) is 14.0. The lowest BCUT2D eigenvalue weighted by Crippen LogP contribution is -3.11. The molecule has 132 valence electrons. The number of likely N-dealkylation sites (N-methyl/N-ethyl adjacent to an activating group) is 1. The van der Waals surface area contributed by atoms with Crippen LogP contribution in [-0.4, -0.2) is 32.0 Å². The Morgan fingerprint density at radius 3 is 2.36 bits per heavy atom. The average Bonchev–Trinajstić information content (AvgIpc) is 2.52. The molecule has 5 nitrogen and oxygen atoms in total. The van der Waals surface area contributed by atoms with Crippen molar-refractivity contribution >= 4 is 39.1 Å². The van der Waals surface area contributed by atoms with Crippen LogP contribution in [0.25, 0.3) is 0 Å². The number of nitrogens with one attached hydrogen (secondary N) is 3. The summed E-state index contributed by atoms with van der Waals surface area (Å²) in [5.41, 5.74) is 1.60. The van der Waals surface area contributed by atoms with Gasteiger partial charge in [-0.3, -0.25) is 9.59 Å². The molecule has 0 heterocycles. The lowest BCUT2D eigenvalue weighted by molar-refractivity contribution is -0.862. The number of para-hydroxylation sites is 1. The van der Waals surface area contributed by atoms with E-state index in [-0.39, 0.29) is 30.7 Å². The molecule has 7 heteroatoms. The number of amides is 2. The van der Waals surface area contributed by atoms with Crippen LogP contribution in [0.2, 0.25) is 0 Å². The molecule has 0 aromatic heterocycles. The third-order valence-corrected chi connectivity index (χ3v) is 4.22. The van der Waals surface area contributed by atoms with E-state index in [1.54, 1.807) is 32.2 Å². The summed E-state index contributed by atoms with van der Waals surface area (Å²) in [6.45, 7) is 1.89. The predicted molar refractivity (Wildman–Crippen MR) is 99.2 cm³/mol. The van der Waals surface area contributed by atoms with Crippen molar-refractivity contribution < 1.29 is 18.9 Å². The monoisotopic (exact) mass is 408 g/mol. The summed E-state index contributed by atoms with van der Waals surface area (Å²) in [6, 6.07) is 11.8. The van der Waals surface area contributed by atoms with Crippen LogP contribution in [0, 0.1) is 12.7 Å². The highest BCUT2D eigenvalue weighted by Crippen LogP contribution is 2.20. The molecule has 2 rings (SSSR count). The number of hydrogen-bond acceptors (Lipinski definition) is 2. The zero-order chi connectivity index (χ0) is 18.4. The average molecular weight is 409 g/mol. The Kier molecular flexibility index (Phi) is 6.66. The molecule has 0 bridgehead atoms. The Balaban J connectivity index is 1.83. The molecule has 0 aliphatic heterocycles. The van der Waals surface area contributed by atoms with E-state index in [0.29, 0.717) is 16.9 Å². The molecule has 1 atom stereocenters. The molecule has 0 aliphatic rings. The molecule has 1 unspecified atom stereocenters. The maximum atomic E-state index is 13.5. The maximum absolute atomic E-state index is 13.5. The number of benzene rings is 2. The normalized spacial score (nSPS) is 11.7. The minimum atomic E-state index is -0.369. The van der Waals surface area contributed by atoms with Gasteiger partial charge in [0.1, 0.15) is 5.82 Å². The van der Waals surface area contributed by atoms with Gasteiger partial charge in [0.15, 0.2) is 13.1 Å². The van der Waals surface area contributed by atoms with Crippen molar-refractivity contribution in [2.75, 3.05) is 30.8 Å². The molecule has 2 aromatic carbocycles. The smallest absolute Gasteiger partial charge is 0.279 e. The van der Waals surface area contributed by atoms with Gasteiger partial charge >= 0.3 is 0 Å². The lowest BCUT2D eigenvalue weighted by atomic mass is 10.2. The summed E-state index contributed by atoms with van der Waals surface area (Å²) >= 11 is 3.36. The van der Waals surface area contributed by atoms with E-state index in [1.165, 1.54) is 6.07 Å². The second-order valence-corrected chi connectivity index (χ2v) is 6.71. The van der Waals surface area contributed by atoms with Crippen LogP contribution in [-0.2, 0) is 9.59 Å². The summed E-state index contributed by atoms with van der Waals surface area (Å²) in [4.78, 5) is 24.8. The number of rotatable bonds is 6. The minimum absolute atomic E-state index is 0.0961. The summed E-state index contributed by atoms with van der Waals surface area (Å²) in [5.74, 6) is -0.848. The van der Waals surface area contributed by atoms with Crippen LogP contribution in [0.1, 0.15) is 5.56 Å². The second kappa shape index (κ2) is 8.73. The summed E-state index contributed by atoms with van der Waals surface area (Å²) < 4.78 is 14.3. The number of aryl methyl sites for hydroxylation is 1. The Bertz CT molecular complexity index is 783. The largest absolute Gasteiger partial charge is 0.322 e. The molecule has 0 radical (unpaired) electrons. The van der Waals surface area contributed by atoms with Gasteiger partial charge in [0.25, 0.3) is 11.8 Å². The molecule has 25 heavy (non-hydrogen) atoms. The molecule has 0 saturated carbocycles. The fourth-order valence-electron chi connectivity index (χ4n) is 2.24. The fraction of sp³-hybridized carbons (Fsp3) is 0.222. The Labute approximate surface area is 154 Å². The molecule has 0 spiro atoms. The van der Waals surface area contributed by atoms with Gasteiger partial charge in [-0.05, 0) is 52.7 Å². The zero-order valence-corrected chi connectivity index (χ0v) is 15.6. The molecule has 2 aromatic rings. The van der Waals surface area contributed by atoms with Gasteiger partial charge in [-0.25, -0.2) is 4.39 Å². The first kappa shape index (κ1) is 19.1. The molecule has 0 aliphatic carbocycles. The number of carbonyl (C=O) groups excluding carboxylic acids is 2. The van der Waals surface area contributed by atoms with E-state index in [0.717, 1.165) is 9.37 Å². The van der Waals surface area contributed by atoms with Crippen LogP contribution in [0.5, 0.6) is 0 Å². The van der Waals surface area contributed by atoms with Crippen LogP contribution < -0.4 is 15.5 Å². The van der Waals surface area contributed by atoms with Crippen molar-refractivity contribution in [1.82, 2.24) is 0 Å². The first-order valence-corrected chi connectivity index (χ1v) is 8.56. The van der Waals surface area contributed by atoms with Crippen molar-refractivity contribution in [3.05, 3.63) is 58.3 Å². The van der Waals surface area contributed by atoms with E-state index >= 15 is 0 Å². The van der Waals surface area contributed by atoms with E-state index in [4.69, 9.17) is 0 Å². The molecule has 0 saturated heterocycles. The number of anilines is 2. The quantitative estimate of drug-likeness (QED) is 0.684. The fourth-order valence-corrected chi connectivity index (χ4v) is 2.63. The lowest BCUT2D eigenvalue weighted by Gasteiger charge is -2.14. The summed E-state index contributed by atoms with van der Waals surface area (Å²) in [7, 11) is 1.74. The Hall–Kier alpha value is -2.25. The topological polar surface area (TPSA) is 62.6 Å². The van der Waals surface area contributed by atoms with Crippen molar-refractivity contribution in [1.29, 1.82) is 0 Å². The highest BCUT2D eigenvalue weighted by molar-refractivity contribution is 9.10. The Morgan fingerprint density at radius 1 is 1.08 bits per heavy atom. The van der Waals surface area contributed by atoms with Crippen molar-refractivity contribution in [3.63, 3.8) is 0 Å². The summed E-state index contributed by atoms with van der Waals surface area (Å²) in [5, 5.41) is 5.42. The SMILES string of the molecule is Cc1ccc(NC(=O)C[NH+](C)CC(=O)Nc2ccccc2Br)cc1F. The van der Waals surface area contributed by atoms with Gasteiger partial charge in [0.05, 0.1) is 12.7 Å². The molecular formula is C18H20BrFN3O2+. The number of carbonyl (C=O) groups is 2. The third-order valence-electron chi connectivity index (χ3n) is 3.53. The third kappa shape index (κ3) is 5.95. The summed E-state index contributed by atoms with van der Waals surface area (Å²) in [6.07, 6.45) is 0. The molecular weight excluding hydrogens is 389 g/mol. The van der Waals surface area contributed by atoms with Gasteiger partial charge in [0.2, 0.25) is 0 Å². The van der Waals surface area contributed by atoms with Gasteiger partial charge in [-0.1, -0.05) is 18.2 Å². The van der Waals surface area contributed by atoms with Crippen LogP contribution in [0.15, 0.2) is 46.9 Å². The van der Waals surface area contributed by atoms with Gasteiger partial charge in [-0.2, -0.15) is 0 Å². The first-order chi connectivity index (χ1) is 11.8. The van der Waals surface area contributed by atoms with Gasteiger partial charge < -0.3 is 15.5 Å². The number of halogens is 2. The van der Waals surface area contributed by atoms with Crippen molar-refractivity contribution in [2.45, 2.75) is 6.92 Å². The van der Waals surface area contributed by atoms with E-state index < -0.39 is 0 Å². The van der Waals surface area contributed by atoms with Gasteiger partial charge in [0, 0.05) is 10.2 Å². The molecule has 2 amide bonds. The minimum Gasteiger partial charge on any atom is -0.322 e. The number of hydrogen-bond donors (Lipinski definition) is 3.